The minimum Gasteiger partial charge on any atom is -0.494 e. The molecule has 0 radical (unpaired) electrons. The molecule has 5 aromatic carbocycles. The summed E-state index contributed by atoms with van der Waals surface area (Å²) < 4.78 is 11.5. The van der Waals surface area contributed by atoms with Gasteiger partial charge in [0.25, 0.3) is 17.5 Å². The SMILES string of the molecule is CCCCCCCCOc1ccc(CN(C(=O)c2ccc(N(CCCCCCCC)C(=O)c3ccc([N+](=O)[O-])cc3)cc2)c2ccc(C(=O)Oc3ccccc3)cc2)cc1. The second-order valence-electron chi connectivity index (χ2n) is 15.0. The molecule has 314 valence electrons. The van der Waals surface area contributed by atoms with Crippen LogP contribution in [0.15, 0.2) is 127 Å². The van der Waals surface area contributed by atoms with E-state index in [-0.39, 0.29) is 24.0 Å². The number of esters is 1. The van der Waals surface area contributed by atoms with Crippen molar-refractivity contribution in [1.29, 1.82) is 0 Å². The van der Waals surface area contributed by atoms with Gasteiger partial charge in [0.1, 0.15) is 11.5 Å². The molecule has 60 heavy (non-hydrogen) atoms. The first-order chi connectivity index (χ1) is 29.3. The van der Waals surface area contributed by atoms with Gasteiger partial charge in [-0.15, -0.1) is 0 Å². The molecule has 0 aliphatic carbocycles. The van der Waals surface area contributed by atoms with Gasteiger partial charge in [-0.1, -0.05) is 108 Å². The van der Waals surface area contributed by atoms with Crippen molar-refractivity contribution in [3.63, 3.8) is 0 Å². The predicted octanol–water partition coefficient (Wildman–Crippen LogP) is 12.4. The van der Waals surface area contributed by atoms with Crippen molar-refractivity contribution < 1.29 is 28.8 Å². The van der Waals surface area contributed by atoms with Crippen molar-refractivity contribution >= 4 is 34.8 Å². The van der Waals surface area contributed by atoms with Gasteiger partial charge in [-0.2, -0.15) is 0 Å². The smallest absolute Gasteiger partial charge is 0.343 e. The first kappa shape index (κ1) is 44.8. The molecule has 0 spiro atoms. The molecule has 5 aromatic rings. The number of rotatable bonds is 24. The molecule has 0 saturated carbocycles. The first-order valence-electron chi connectivity index (χ1n) is 21.3. The van der Waals surface area contributed by atoms with E-state index in [0.717, 1.165) is 56.3 Å². The van der Waals surface area contributed by atoms with Gasteiger partial charge < -0.3 is 19.3 Å². The first-order valence-corrected chi connectivity index (χ1v) is 21.3. The lowest BCUT2D eigenvalue weighted by atomic mass is 10.1. The molecule has 10 nitrogen and oxygen atoms in total. The van der Waals surface area contributed by atoms with Crippen LogP contribution >= 0.6 is 0 Å². The van der Waals surface area contributed by atoms with Gasteiger partial charge in [0.15, 0.2) is 0 Å². The fraction of sp³-hybridized carbons (Fsp3) is 0.340. The van der Waals surface area contributed by atoms with Crippen LogP contribution in [0.25, 0.3) is 0 Å². The number of anilines is 2. The van der Waals surface area contributed by atoms with E-state index in [1.165, 1.54) is 56.4 Å². The Bertz CT molecular complexity index is 2090. The molecule has 0 aliphatic rings. The van der Waals surface area contributed by atoms with Crippen molar-refractivity contribution in [2.24, 2.45) is 0 Å². The zero-order valence-electron chi connectivity index (χ0n) is 34.9. The summed E-state index contributed by atoms with van der Waals surface area (Å²) in [4.78, 5) is 55.4. The molecule has 0 bridgehead atoms. The summed E-state index contributed by atoms with van der Waals surface area (Å²) in [6.45, 7) is 5.74. The topological polar surface area (TPSA) is 119 Å². The quantitative estimate of drug-likeness (QED) is 0.0200. The number of unbranched alkanes of at least 4 members (excludes halogenated alkanes) is 10. The number of carbonyl (C=O) groups is 3. The Morgan fingerprint density at radius 1 is 0.533 bits per heavy atom. The third-order valence-electron chi connectivity index (χ3n) is 10.4. The normalized spacial score (nSPS) is 10.8. The lowest BCUT2D eigenvalue weighted by Gasteiger charge is -2.25. The highest BCUT2D eigenvalue weighted by atomic mass is 16.6. The maximum absolute atomic E-state index is 14.4. The Balaban J connectivity index is 1.35. The standard InChI is InChI=1S/C50H57N3O7/c1-3-5-7-9-11-16-36-51(48(54)40-24-32-45(33-25-40)53(57)58)43-28-22-41(23-29-43)49(55)52(38-39-20-34-46(35-21-39)59-37-17-12-10-8-6-4-2)44-30-26-42(27-31-44)50(56)60-47-18-14-13-15-19-47/h13-15,18-35H,3-12,16-17,36-38H2,1-2H3. The highest BCUT2D eigenvalue weighted by Gasteiger charge is 2.22. The largest absolute Gasteiger partial charge is 0.494 e. The molecule has 0 fully saturated rings. The minimum atomic E-state index is -0.508. The predicted molar refractivity (Wildman–Crippen MR) is 238 cm³/mol. The Labute approximate surface area is 354 Å². The van der Waals surface area contributed by atoms with Gasteiger partial charge in [-0.3, -0.25) is 19.7 Å². The summed E-state index contributed by atoms with van der Waals surface area (Å²) in [6.07, 6.45) is 13.4. The third kappa shape index (κ3) is 13.6. The van der Waals surface area contributed by atoms with E-state index in [2.05, 4.69) is 13.8 Å². The Morgan fingerprint density at radius 3 is 1.62 bits per heavy atom. The molecule has 5 rings (SSSR count). The monoisotopic (exact) mass is 811 g/mol. The van der Waals surface area contributed by atoms with Crippen LogP contribution in [-0.2, 0) is 6.54 Å². The second-order valence-corrected chi connectivity index (χ2v) is 15.0. The van der Waals surface area contributed by atoms with Crippen LogP contribution in [0.3, 0.4) is 0 Å². The molecule has 0 N–H and O–H groups in total. The number of nitrogens with zero attached hydrogens (tertiary/aromatic N) is 3. The molecule has 0 heterocycles. The van der Waals surface area contributed by atoms with Gasteiger partial charge >= 0.3 is 5.97 Å². The average Bonchev–Trinajstić information content (AvgIpc) is 3.28. The van der Waals surface area contributed by atoms with Crippen LogP contribution in [0.1, 0.15) is 128 Å². The molecular weight excluding hydrogens is 755 g/mol. The van der Waals surface area contributed by atoms with Crippen LogP contribution in [0.2, 0.25) is 0 Å². The molecule has 0 saturated heterocycles. The van der Waals surface area contributed by atoms with Crippen LogP contribution in [0.5, 0.6) is 11.5 Å². The number of nitro groups is 1. The van der Waals surface area contributed by atoms with Gasteiger partial charge in [0, 0.05) is 41.2 Å². The highest BCUT2D eigenvalue weighted by Crippen LogP contribution is 2.26. The van der Waals surface area contributed by atoms with Crippen LogP contribution in [0, 0.1) is 10.1 Å². The third-order valence-corrected chi connectivity index (χ3v) is 10.4. The maximum Gasteiger partial charge on any atom is 0.343 e. The summed E-state index contributed by atoms with van der Waals surface area (Å²) >= 11 is 0. The van der Waals surface area contributed by atoms with E-state index in [0.29, 0.717) is 47.0 Å². The zero-order chi connectivity index (χ0) is 42.5. The van der Waals surface area contributed by atoms with E-state index in [1.807, 2.05) is 30.3 Å². The van der Waals surface area contributed by atoms with E-state index in [4.69, 9.17) is 9.47 Å². The van der Waals surface area contributed by atoms with Gasteiger partial charge in [-0.25, -0.2) is 4.79 Å². The number of amides is 2. The lowest BCUT2D eigenvalue weighted by molar-refractivity contribution is -0.384. The molecule has 0 aromatic heterocycles. The Kier molecular flexibility index (Phi) is 17.9. The molecular formula is C50H57N3O7. The van der Waals surface area contributed by atoms with Gasteiger partial charge in [0.05, 0.1) is 23.6 Å². The van der Waals surface area contributed by atoms with Crippen molar-refractivity contribution in [2.75, 3.05) is 23.0 Å². The lowest BCUT2D eigenvalue weighted by Crippen LogP contribution is -2.32. The number of para-hydroxylation sites is 1. The maximum atomic E-state index is 14.4. The molecule has 10 heteroatoms. The Hall–Kier alpha value is -6.29. The summed E-state index contributed by atoms with van der Waals surface area (Å²) in [5.41, 5.74) is 3.10. The number of carbonyl (C=O) groups excluding carboxylic acids is 3. The highest BCUT2D eigenvalue weighted by molar-refractivity contribution is 6.08. The zero-order valence-corrected chi connectivity index (χ0v) is 34.9. The van der Waals surface area contributed by atoms with Crippen LogP contribution < -0.4 is 19.3 Å². The second kappa shape index (κ2) is 24.0. The molecule has 0 unspecified atom stereocenters. The summed E-state index contributed by atoms with van der Waals surface area (Å²) in [5, 5.41) is 11.3. The molecule has 0 aliphatic heterocycles. The van der Waals surface area contributed by atoms with Crippen molar-refractivity contribution in [2.45, 2.75) is 97.4 Å². The summed E-state index contributed by atoms with van der Waals surface area (Å²) in [5.74, 6) is 0.159. The number of hydrogen-bond donors (Lipinski definition) is 0. The molecule has 0 atom stereocenters. The van der Waals surface area contributed by atoms with E-state index in [1.54, 1.807) is 82.6 Å². The molecule has 2 amide bonds. The van der Waals surface area contributed by atoms with Crippen molar-refractivity contribution in [3.8, 4) is 11.5 Å². The van der Waals surface area contributed by atoms with Crippen molar-refractivity contribution in [1.82, 2.24) is 0 Å². The summed E-state index contributed by atoms with van der Waals surface area (Å²) in [6, 6.07) is 36.0. The van der Waals surface area contributed by atoms with Gasteiger partial charge in [0.2, 0.25) is 0 Å². The van der Waals surface area contributed by atoms with Crippen LogP contribution in [-0.4, -0.2) is 35.9 Å². The number of nitro benzene ring substituents is 1. The average molecular weight is 812 g/mol. The van der Waals surface area contributed by atoms with Crippen molar-refractivity contribution in [3.05, 3.63) is 160 Å². The number of non-ortho nitro benzene ring substituents is 1. The van der Waals surface area contributed by atoms with Gasteiger partial charge in [-0.05, 0) is 103 Å². The van der Waals surface area contributed by atoms with E-state index in [9.17, 15) is 24.5 Å². The number of benzene rings is 5. The Morgan fingerprint density at radius 2 is 1.03 bits per heavy atom. The number of hydrogen-bond acceptors (Lipinski definition) is 7. The van der Waals surface area contributed by atoms with E-state index < -0.39 is 10.9 Å². The minimum absolute atomic E-state index is 0.0871. The summed E-state index contributed by atoms with van der Waals surface area (Å²) in [7, 11) is 0. The fourth-order valence-electron chi connectivity index (χ4n) is 6.88. The number of ether oxygens (including phenoxy) is 2. The van der Waals surface area contributed by atoms with E-state index >= 15 is 0 Å². The van der Waals surface area contributed by atoms with Crippen LogP contribution in [0.4, 0.5) is 17.1 Å². The fourth-order valence-corrected chi connectivity index (χ4v) is 6.88.